The van der Waals surface area contributed by atoms with E-state index in [0.717, 1.165) is 19.5 Å². The zero-order valence-electron chi connectivity index (χ0n) is 22.6. The summed E-state index contributed by atoms with van der Waals surface area (Å²) in [6.07, 6.45) is 0.810. The van der Waals surface area contributed by atoms with Gasteiger partial charge in [-0.3, -0.25) is 4.79 Å². The normalized spacial score (nSPS) is 17.4. The summed E-state index contributed by atoms with van der Waals surface area (Å²) < 4.78 is 22.8. The van der Waals surface area contributed by atoms with Gasteiger partial charge in [0.05, 0.1) is 26.4 Å². The summed E-state index contributed by atoms with van der Waals surface area (Å²) >= 11 is 0. The van der Waals surface area contributed by atoms with Crippen LogP contribution in [0.15, 0.2) is 36.4 Å². The van der Waals surface area contributed by atoms with Gasteiger partial charge in [-0.2, -0.15) is 0 Å². The van der Waals surface area contributed by atoms with Crippen LogP contribution in [0.3, 0.4) is 0 Å². The minimum Gasteiger partial charge on any atom is -0.493 e. The number of methoxy groups -OCH3 is 2. The van der Waals surface area contributed by atoms with Crippen molar-refractivity contribution in [3.63, 3.8) is 0 Å². The van der Waals surface area contributed by atoms with Gasteiger partial charge in [0.2, 0.25) is 0 Å². The fourth-order valence-electron chi connectivity index (χ4n) is 4.44. The Balaban J connectivity index is 1.67. The van der Waals surface area contributed by atoms with Crippen molar-refractivity contribution >= 4 is 5.91 Å². The molecule has 1 heterocycles. The van der Waals surface area contributed by atoms with E-state index in [9.17, 15) is 4.79 Å². The van der Waals surface area contributed by atoms with Crippen molar-refractivity contribution in [3.05, 3.63) is 58.7 Å². The van der Waals surface area contributed by atoms with Crippen molar-refractivity contribution in [2.24, 2.45) is 5.92 Å². The molecule has 0 bridgehead atoms. The molecule has 2 unspecified atom stereocenters. The van der Waals surface area contributed by atoms with Crippen LogP contribution in [0.5, 0.6) is 11.5 Å². The fraction of sp³-hybridized carbons (Fsp3) is 0.552. The van der Waals surface area contributed by atoms with Crippen molar-refractivity contribution in [3.8, 4) is 11.5 Å². The van der Waals surface area contributed by atoms with Crippen LogP contribution < -0.4 is 14.8 Å². The first-order valence-electron chi connectivity index (χ1n) is 12.8. The first kappa shape index (κ1) is 28.0. The molecule has 1 fully saturated rings. The van der Waals surface area contributed by atoms with Crippen LogP contribution in [-0.4, -0.2) is 70.0 Å². The van der Waals surface area contributed by atoms with Gasteiger partial charge in [0, 0.05) is 57.3 Å². The van der Waals surface area contributed by atoms with E-state index < -0.39 is 0 Å². The molecular formula is C29H42N2O5. The van der Waals surface area contributed by atoms with Crippen molar-refractivity contribution in [1.82, 2.24) is 10.2 Å². The third-order valence-electron chi connectivity index (χ3n) is 6.79. The number of aryl methyl sites for hydroxylation is 2. The number of amides is 1. The van der Waals surface area contributed by atoms with Crippen molar-refractivity contribution < 1.29 is 23.7 Å². The number of hydrogen-bond acceptors (Lipinski definition) is 6. The van der Waals surface area contributed by atoms with E-state index in [0.29, 0.717) is 43.4 Å². The summed E-state index contributed by atoms with van der Waals surface area (Å²) in [6, 6.07) is 11.9. The molecule has 1 N–H and O–H groups in total. The molecule has 2 aromatic carbocycles. The molecule has 7 nitrogen and oxygen atoms in total. The Morgan fingerprint density at radius 2 is 1.83 bits per heavy atom. The quantitative estimate of drug-likeness (QED) is 0.413. The molecule has 1 aliphatic heterocycles. The Morgan fingerprint density at radius 1 is 1.03 bits per heavy atom. The third-order valence-corrected chi connectivity index (χ3v) is 6.79. The van der Waals surface area contributed by atoms with Gasteiger partial charge in [0.1, 0.15) is 0 Å². The van der Waals surface area contributed by atoms with Crippen LogP contribution in [-0.2, 0) is 16.1 Å². The number of benzene rings is 2. The lowest BCUT2D eigenvalue weighted by Gasteiger charge is -2.31. The first-order chi connectivity index (χ1) is 17.3. The van der Waals surface area contributed by atoms with Gasteiger partial charge in [0.15, 0.2) is 11.5 Å². The van der Waals surface area contributed by atoms with E-state index in [1.54, 1.807) is 32.4 Å². The first-order valence-corrected chi connectivity index (χ1v) is 12.8. The van der Waals surface area contributed by atoms with Gasteiger partial charge in [-0.05, 0) is 62.6 Å². The second kappa shape index (κ2) is 13.6. The highest BCUT2D eigenvalue weighted by molar-refractivity contribution is 5.95. The zero-order chi connectivity index (χ0) is 26.1. The van der Waals surface area contributed by atoms with Gasteiger partial charge < -0.3 is 29.2 Å². The lowest BCUT2D eigenvalue weighted by molar-refractivity contribution is 0.0129. The van der Waals surface area contributed by atoms with E-state index >= 15 is 0 Å². The molecule has 1 aliphatic rings. The van der Waals surface area contributed by atoms with Gasteiger partial charge in [-0.15, -0.1) is 0 Å². The molecule has 0 saturated carbocycles. The van der Waals surface area contributed by atoms with E-state index in [2.05, 4.69) is 51.2 Å². The van der Waals surface area contributed by atoms with Gasteiger partial charge in [-0.25, -0.2) is 0 Å². The van der Waals surface area contributed by atoms with Crippen molar-refractivity contribution in [2.75, 3.05) is 47.1 Å². The summed E-state index contributed by atoms with van der Waals surface area (Å²) in [4.78, 5) is 15.5. The number of hydrogen-bond donors (Lipinski definition) is 1. The average molecular weight is 499 g/mol. The molecular weight excluding hydrogens is 456 g/mol. The highest BCUT2D eigenvalue weighted by atomic mass is 16.5. The molecule has 1 saturated heterocycles. The fourth-order valence-corrected chi connectivity index (χ4v) is 4.44. The molecule has 0 spiro atoms. The van der Waals surface area contributed by atoms with Crippen LogP contribution in [0.2, 0.25) is 0 Å². The standard InChI is InChI=1S/C29H42N2O5/c1-20(2)31(29(32)24-10-11-26(34-6)27(15-24)35-13-7-12-33-5)18-25-16-30-17-28(25)36-19-23-9-8-21(3)22(4)14-23/h8-11,14-15,20,25,28,30H,7,12-13,16-19H2,1-6H3. The molecule has 36 heavy (non-hydrogen) atoms. The van der Waals surface area contributed by atoms with Crippen LogP contribution in [0.1, 0.15) is 47.3 Å². The number of nitrogens with zero attached hydrogens (tertiary/aromatic N) is 1. The number of ether oxygens (including phenoxy) is 4. The van der Waals surface area contributed by atoms with Gasteiger partial charge in [-0.1, -0.05) is 18.2 Å². The third kappa shape index (κ3) is 7.45. The predicted octanol–water partition coefficient (Wildman–Crippen LogP) is 4.38. The Hall–Kier alpha value is -2.61. The van der Waals surface area contributed by atoms with E-state index in [4.69, 9.17) is 18.9 Å². The van der Waals surface area contributed by atoms with Crippen molar-refractivity contribution in [2.45, 2.75) is 52.9 Å². The number of rotatable bonds is 13. The second-order valence-corrected chi connectivity index (χ2v) is 9.80. The minimum absolute atomic E-state index is 0.0193. The number of carbonyl (C=O) groups is 1. The van der Waals surface area contributed by atoms with Crippen LogP contribution in [0.4, 0.5) is 0 Å². The van der Waals surface area contributed by atoms with Crippen LogP contribution >= 0.6 is 0 Å². The number of nitrogens with one attached hydrogen (secondary N) is 1. The molecule has 0 radical (unpaired) electrons. The molecule has 198 valence electrons. The molecule has 7 heteroatoms. The van der Waals surface area contributed by atoms with Crippen LogP contribution in [0, 0.1) is 19.8 Å². The molecule has 0 aromatic heterocycles. The summed E-state index contributed by atoms with van der Waals surface area (Å²) in [5.74, 6) is 1.38. The Morgan fingerprint density at radius 3 is 2.53 bits per heavy atom. The lowest BCUT2D eigenvalue weighted by Crippen LogP contribution is -2.43. The molecule has 3 rings (SSSR count). The van der Waals surface area contributed by atoms with E-state index in [1.807, 2.05) is 4.90 Å². The van der Waals surface area contributed by atoms with Gasteiger partial charge in [0.25, 0.3) is 5.91 Å². The zero-order valence-corrected chi connectivity index (χ0v) is 22.6. The largest absolute Gasteiger partial charge is 0.493 e. The minimum atomic E-state index is -0.0193. The second-order valence-electron chi connectivity index (χ2n) is 9.80. The van der Waals surface area contributed by atoms with Gasteiger partial charge >= 0.3 is 0 Å². The lowest BCUT2D eigenvalue weighted by atomic mass is 10.0. The maximum absolute atomic E-state index is 13.6. The monoisotopic (exact) mass is 498 g/mol. The topological polar surface area (TPSA) is 69.3 Å². The highest BCUT2D eigenvalue weighted by Crippen LogP contribution is 2.29. The summed E-state index contributed by atoms with van der Waals surface area (Å²) in [7, 11) is 3.27. The Labute approximate surface area is 216 Å². The number of carbonyl (C=O) groups excluding carboxylic acids is 1. The summed E-state index contributed by atoms with van der Waals surface area (Å²) in [5, 5.41) is 3.45. The molecule has 2 atom stereocenters. The maximum Gasteiger partial charge on any atom is 0.254 e. The highest BCUT2D eigenvalue weighted by Gasteiger charge is 2.32. The summed E-state index contributed by atoms with van der Waals surface area (Å²) in [6.45, 7) is 12.3. The SMILES string of the molecule is COCCCOc1cc(C(=O)N(CC2CNCC2OCc2ccc(C)c(C)c2)C(C)C)ccc1OC. The smallest absolute Gasteiger partial charge is 0.254 e. The average Bonchev–Trinajstić information content (AvgIpc) is 3.32. The molecule has 0 aliphatic carbocycles. The van der Waals surface area contributed by atoms with E-state index in [-0.39, 0.29) is 24.0 Å². The van der Waals surface area contributed by atoms with Crippen LogP contribution in [0.25, 0.3) is 0 Å². The van der Waals surface area contributed by atoms with Crippen molar-refractivity contribution in [1.29, 1.82) is 0 Å². The predicted molar refractivity (Wildman–Crippen MR) is 142 cm³/mol. The van der Waals surface area contributed by atoms with E-state index in [1.165, 1.54) is 16.7 Å². The summed E-state index contributed by atoms with van der Waals surface area (Å²) in [5.41, 5.74) is 4.32. The molecule has 2 aromatic rings. The molecule has 1 amide bonds. The Kier molecular flexibility index (Phi) is 10.6. The Bertz CT molecular complexity index is 994. The maximum atomic E-state index is 13.6.